The first kappa shape index (κ1) is 12.5. The molecule has 0 spiro atoms. The van der Waals surface area contributed by atoms with Crippen LogP contribution in [0.4, 0.5) is 10.8 Å². The number of carbonyl (C=O) groups is 1. The van der Waals surface area contributed by atoms with Crippen LogP contribution < -0.4 is 5.32 Å². The first-order chi connectivity index (χ1) is 8.69. The van der Waals surface area contributed by atoms with Gasteiger partial charge in [0.05, 0.1) is 5.56 Å². The van der Waals surface area contributed by atoms with Crippen LogP contribution in [0.2, 0.25) is 0 Å². The highest BCUT2D eigenvalue weighted by molar-refractivity contribution is 7.09. The molecule has 0 aliphatic rings. The molecule has 94 valence electrons. The number of nitrogens with zero attached hydrogens (tertiary/aromatic N) is 2. The zero-order valence-corrected chi connectivity index (χ0v) is 10.7. The van der Waals surface area contributed by atoms with Crippen molar-refractivity contribution in [3.63, 3.8) is 0 Å². The smallest absolute Gasteiger partial charge is 0.335 e. The Labute approximate surface area is 109 Å². The van der Waals surface area contributed by atoms with Crippen molar-refractivity contribution in [3.05, 3.63) is 35.7 Å². The Balaban J connectivity index is 2.12. The number of hydrogen-bond acceptors (Lipinski definition) is 5. The zero-order valence-electron chi connectivity index (χ0n) is 9.88. The fourth-order valence-corrected chi connectivity index (χ4v) is 2.12. The third-order valence-corrected chi connectivity index (χ3v) is 2.97. The minimum atomic E-state index is -0.942. The van der Waals surface area contributed by atoms with Crippen LogP contribution in [0.3, 0.4) is 0 Å². The van der Waals surface area contributed by atoms with E-state index < -0.39 is 5.97 Å². The van der Waals surface area contributed by atoms with Crippen LogP contribution in [-0.2, 0) is 6.42 Å². The topological polar surface area (TPSA) is 75.1 Å². The molecule has 1 aromatic heterocycles. The molecule has 18 heavy (non-hydrogen) atoms. The standard InChI is InChI=1S/C12H13N3O2S/c1-2-4-10-14-12(18-15-10)13-9-6-3-5-8(7-9)11(16)17/h3,5-7H,2,4H2,1H3,(H,16,17)(H,13,14,15). The SMILES string of the molecule is CCCc1nsc(Nc2cccc(C(=O)O)c2)n1. The molecule has 0 amide bonds. The van der Waals surface area contributed by atoms with Crippen molar-refractivity contribution in [2.24, 2.45) is 0 Å². The van der Waals surface area contributed by atoms with E-state index in [1.807, 2.05) is 0 Å². The van der Waals surface area contributed by atoms with Gasteiger partial charge in [-0.2, -0.15) is 4.37 Å². The van der Waals surface area contributed by atoms with Gasteiger partial charge in [0.1, 0.15) is 5.82 Å². The lowest BCUT2D eigenvalue weighted by Crippen LogP contribution is -1.97. The molecular formula is C12H13N3O2S. The molecule has 6 heteroatoms. The van der Waals surface area contributed by atoms with Gasteiger partial charge < -0.3 is 10.4 Å². The number of carboxylic acid groups (broad SMARTS) is 1. The van der Waals surface area contributed by atoms with Crippen molar-refractivity contribution < 1.29 is 9.90 Å². The molecule has 0 atom stereocenters. The third kappa shape index (κ3) is 3.04. The molecule has 2 rings (SSSR count). The fraction of sp³-hybridized carbons (Fsp3) is 0.250. The van der Waals surface area contributed by atoms with Crippen LogP contribution in [0.15, 0.2) is 24.3 Å². The van der Waals surface area contributed by atoms with Gasteiger partial charge in [0.2, 0.25) is 5.13 Å². The van der Waals surface area contributed by atoms with Crippen LogP contribution in [0.1, 0.15) is 29.5 Å². The molecule has 1 aromatic carbocycles. The van der Waals surface area contributed by atoms with E-state index >= 15 is 0 Å². The van der Waals surface area contributed by atoms with Crippen molar-refractivity contribution in [1.29, 1.82) is 0 Å². The van der Waals surface area contributed by atoms with E-state index in [0.29, 0.717) is 10.8 Å². The number of nitrogens with one attached hydrogen (secondary N) is 1. The molecule has 0 aliphatic heterocycles. The van der Waals surface area contributed by atoms with Crippen LogP contribution >= 0.6 is 11.5 Å². The zero-order chi connectivity index (χ0) is 13.0. The van der Waals surface area contributed by atoms with Gasteiger partial charge in [-0.1, -0.05) is 13.0 Å². The summed E-state index contributed by atoms with van der Waals surface area (Å²) >= 11 is 1.28. The molecule has 0 radical (unpaired) electrons. The van der Waals surface area contributed by atoms with Crippen molar-refractivity contribution in [1.82, 2.24) is 9.36 Å². The number of rotatable bonds is 5. The molecule has 5 nitrogen and oxygen atoms in total. The Morgan fingerprint density at radius 3 is 3.06 bits per heavy atom. The summed E-state index contributed by atoms with van der Waals surface area (Å²) in [5, 5.41) is 12.6. The van der Waals surface area contributed by atoms with E-state index in [-0.39, 0.29) is 5.56 Å². The maximum Gasteiger partial charge on any atom is 0.335 e. The van der Waals surface area contributed by atoms with Gasteiger partial charge in [0.15, 0.2) is 0 Å². The van der Waals surface area contributed by atoms with E-state index in [4.69, 9.17) is 5.11 Å². The number of carboxylic acids is 1. The molecule has 0 bridgehead atoms. The van der Waals surface area contributed by atoms with Gasteiger partial charge in [-0.25, -0.2) is 9.78 Å². The van der Waals surface area contributed by atoms with Crippen molar-refractivity contribution in [2.75, 3.05) is 5.32 Å². The molecule has 0 saturated carbocycles. The van der Waals surface area contributed by atoms with E-state index in [2.05, 4.69) is 21.6 Å². The lowest BCUT2D eigenvalue weighted by Gasteiger charge is -2.02. The van der Waals surface area contributed by atoms with Crippen LogP contribution in [-0.4, -0.2) is 20.4 Å². The summed E-state index contributed by atoms with van der Waals surface area (Å²) < 4.78 is 4.21. The largest absolute Gasteiger partial charge is 0.478 e. The van der Waals surface area contributed by atoms with Crippen molar-refractivity contribution >= 4 is 28.3 Å². The minimum Gasteiger partial charge on any atom is -0.478 e. The number of hydrogen-bond donors (Lipinski definition) is 2. The molecule has 2 aromatic rings. The summed E-state index contributed by atoms with van der Waals surface area (Å²) in [5.41, 5.74) is 0.951. The minimum absolute atomic E-state index is 0.248. The second kappa shape index (κ2) is 5.59. The Hall–Kier alpha value is -1.95. The van der Waals surface area contributed by atoms with Crippen LogP contribution in [0.25, 0.3) is 0 Å². The van der Waals surface area contributed by atoms with Gasteiger partial charge in [-0.3, -0.25) is 0 Å². The lowest BCUT2D eigenvalue weighted by molar-refractivity contribution is 0.0697. The molecule has 2 N–H and O–H groups in total. The highest BCUT2D eigenvalue weighted by atomic mass is 32.1. The summed E-state index contributed by atoms with van der Waals surface area (Å²) in [5.74, 6) is -0.123. The number of aromatic nitrogens is 2. The van der Waals surface area contributed by atoms with Gasteiger partial charge in [0, 0.05) is 23.6 Å². The van der Waals surface area contributed by atoms with Gasteiger partial charge in [-0.05, 0) is 24.6 Å². The molecular weight excluding hydrogens is 250 g/mol. The average Bonchev–Trinajstić information content (AvgIpc) is 2.77. The maximum absolute atomic E-state index is 10.8. The van der Waals surface area contributed by atoms with E-state index in [0.717, 1.165) is 18.7 Å². The Kier molecular flexibility index (Phi) is 3.88. The van der Waals surface area contributed by atoms with Crippen LogP contribution in [0.5, 0.6) is 0 Å². The van der Waals surface area contributed by atoms with Crippen molar-refractivity contribution in [2.45, 2.75) is 19.8 Å². The Bertz CT molecular complexity index is 554. The predicted octanol–water partition coefficient (Wildman–Crippen LogP) is 2.93. The highest BCUT2D eigenvalue weighted by Crippen LogP contribution is 2.19. The summed E-state index contributed by atoms with van der Waals surface area (Å²) in [6.07, 6.45) is 1.86. The lowest BCUT2D eigenvalue weighted by atomic mass is 10.2. The predicted molar refractivity (Wildman–Crippen MR) is 70.6 cm³/mol. The van der Waals surface area contributed by atoms with Crippen molar-refractivity contribution in [3.8, 4) is 0 Å². The van der Waals surface area contributed by atoms with Crippen LogP contribution in [0, 0.1) is 0 Å². The highest BCUT2D eigenvalue weighted by Gasteiger charge is 2.06. The molecule has 0 unspecified atom stereocenters. The van der Waals surface area contributed by atoms with Gasteiger partial charge in [0.25, 0.3) is 0 Å². The second-order valence-corrected chi connectivity index (χ2v) is 4.53. The number of anilines is 2. The van der Waals surface area contributed by atoms with E-state index in [1.54, 1.807) is 24.3 Å². The summed E-state index contributed by atoms with van der Waals surface area (Å²) in [7, 11) is 0. The average molecular weight is 263 g/mol. The molecule has 1 heterocycles. The Morgan fingerprint density at radius 1 is 1.50 bits per heavy atom. The first-order valence-electron chi connectivity index (χ1n) is 5.62. The molecule has 0 saturated heterocycles. The molecule has 0 aliphatic carbocycles. The Morgan fingerprint density at radius 2 is 2.33 bits per heavy atom. The summed E-state index contributed by atoms with van der Waals surface area (Å²) in [4.78, 5) is 15.2. The monoisotopic (exact) mass is 263 g/mol. The maximum atomic E-state index is 10.8. The summed E-state index contributed by atoms with van der Waals surface area (Å²) in [6.45, 7) is 2.07. The van der Waals surface area contributed by atoms with Gasteiger partial charge in [-0.15, -0.1) is 0 Å². The normalized spacial score (nSPS) is 10.3. The van der Waals surface area contributed by atoms with Gasteiger partial charge >= 0.3 is 5.97 Å². The first-order valence-corrected chi connectivity index (χ1v) is 6.39. The molecule has 0 fully saturated rings. The second-order valence-electron chi connectivity index (χ2n) is 3.78. The number of aromatic carboxylic acids is 1. The fourth-order valence-electron chi connectivity index (χ4n) is 1.48. The number of benzene rings is 1. The quantitative estimate of drug-likeness (QED) is 0.867. The van der Waals surface area contributed by atoms with E-state index in [9.17, 15) is 4.79 Å². The summed E-state index contributed by atoms with van der Waals surface area (Å²) in [6, 6.07) is 6.62. The number of aryl methyl sites for hydroxylation is 1. The van der Waals surface area contributed by atoms with E-state index in [1.165, 1.54) is 11.5 Å². The third-order valence-electron chi connectivity index (χ3n) is 2.30.